The number of fused-ring (bicyclic) bond motifs is 1. The topological polar surface area (TPSA) is 79.2 Å². The van der Waals surface area contributed by atoms with Crippen LogP contribution in [0.5, 0.6) is 0 Å². The Hall–Kier alpha value is -3.43. The summed E-state index contributed by atoms with van der Waals surface area (Å²) in [4.78, 5) is 25.7. The molecule has 5 nitrogen and oxygen atoms in total. The third kappa shape index (κ3) is 3.66. The summed E-state index contributed by atoms with van der Waals surface area (Å²) < 4.78 is 4.82. The molecule has 140 valence electrons. The van der Waals surface area contributed by atoms with Crippen molar-refractivity contribution in [3.8, 4) is 6.07 Å². The number of hydrogen-bond acceptors (Lipinski definition) is 5. The normalized spacial score (nSPS) is 11.1. The van der Waals surface area contributed by atoms with E-state index in [1.165, 1.54) is 18.4 Å². The van der Waals surface area contributed by atoms with Crippen LogP contribution in [-0.4, -0.2) is 19.0 Å². The number of benzene rings is 2. The Bertz CT molecular complexity index is 1150. The third-order valence-corrected chi connectivity index (χ3v) is 5.61. The Morgan fingerprint density at radius 2 is 1.86 bits per heavy atom. The van der Waals surface area contributed by atoms with E-state index >= 15 is 0 Å². The highest BCUT2D eigenvalue weighted by molar-refractivity contribution is 7.16. The molecule has 0 saturated carbocycles. The van der Waals surface area contributed by atoms with Crippen molar-refractivity contribution in [3.63, 3.8) is 0 Å². The molecule has 0 radical (unpaired) electrons. The number of nitriles is 1. The highest BCUT2D eigenvalue weighted by atomic mass is 32.1. The highest BCUT2D eigenvalue weighted by Gasteiger charge is 2.22. The van der Waals surface area contributed by atoms with Crippen LogP contribution < -0.4 is 5.32 Å². The molecule has 28 heavy (non-hydrogen) atoms. The highest BCUT2D eigenvalue weighted by Crippen LogP contribution is 2.33. The minimum Gasteiger partial charge on any atom is -0.465 e. The molecule has 3 aromatic rings. The first-order valence-electron chi connectivity index (χ1n) is 8.55. The predicted molar refractivity (Wildman–Crippen MR) is 111 cm³/mol. The van der Waals surface area contributed by atoms with Crippen molar-refractivity contribution in [1.29, 1.82) is 5.26 Å². The minimum absolute atomic E-state index is 0.0455. The lowest BCUT2D eigenvalue weighted by molar-refractivity contribution is -0.112. The number of esters is 1. The van der Waals surface area contributed by atoms with Crippen molar-refractivity contribution < 1.29 is 14.3 Å². The number of thiophene rings is 1. The van der Waals surface area contributed by atoms with Gasteiger partial charge in [0.1, 0.15) is 16.6 Å². The maximum atomic E-state index is 12.7. The average Bonchev–Trinajstić information content (AvgIpc) is 2.98. The van der Waals surface area contributed by atoms with E-state index in [1.807, 2.05) is 55.5 Å². The summed E-state index contributed by atoms with van der Waals surface area (Å²) in [6, 6.07) is 15.4. The van der Waals surface area contributed by atoms with Crippen LogP contribution in [0.4, 0.5) is 5.00 Å². The molecule has 0 bridgehead atoms. The molecule has 0 fully saturated rings. The monoisotopic (exact) mass is 390 g/mol. The maximum absolute atomic E-state index is 12.7. The van der Waals surface area contributed by atoms with Crippen LogP contribution >= 0.6 is 11.3 Å². The molecular weight excluding hydrogens is 372 g/mol. The number of carbonyl (C=O) groups is 2. The zero-order chi connectivity index (χ0) is 20.3. The van der Waals surface area contributed by atoms with Gasteiger partial charge in [0.25, 0.3) is 5.91 Å². The second kappa shape index (κ2) is 8.07. The predicted octanol–water partition coefficient (Wildman–Crippen LogP) is 4.85. The van der Waals surface area contributed by atoms with E-state index in [2.05, 4.69) is 5.32 Å². The Kier molecular flexibility index (Phi) is 5.57. The number of aryl methyl sites for hydroxylation is 1. The van der Waals surface area contributed by atoms with E-state index in [1.54, 1.807) is 13.0 Å². The summed E-state index contributed by atoms with van der Waals surface area (Å²) in [7, 11) is 1.29. The molecule has 0 saturated heterocycles. The Labute approximate surface area is 166 Å². The maximum Gasteiger partial charge on any atom is 0.341 e. The number of carbonyl (C=O) groups excluding carboxylic acids is 2. The molecule has 1 heterocycles. The van der Waals surface area contributed by atoms with Crippen molar-refractivity contribution in [1.82, 2.24) is 0 Å². The summed E-state index contributed by atoms with van der Waals surface area (Å²) in [6.45, 7) is 3.66. The molecule has 0 aliphatic heterocycles. The molecular formula is C22H18N2O3S. The van der Waals surface area contributed by atoms with Gasteiger partial charge in [-0.25, -0.2) is 4.79 Å². The zero-order valence-electron chi connectivity index (χ0n) is 15.7. The Morgan fingerprint density at radius 3 is 2.57 bits per heavy atom. The molecule has 1 N–H and O–H groups in total. The first kappa shape index (κ1) is 19.3. The fourth-order valence-electron chi connectivity index (χ4n) is 2.91. The number of methoxy groups -OCH3 is 1. The van der Waals surface area contributed by atoms with Crippen molar-refractivity contribution in [2.45, 2.75) is 13.8 Å². The summed E-state index contributed by atoms with van der Waals surface area (Å²) in [5, 5.41) is 14.6. The first-order chi connectivity index (χ1) is 13.5. The fourth-order valence-corrected chi connectivity index (χ4v) is 3.96. The smallest absolute Gasteiger partial charge is 0.341 e. The van der Waals surface area contributed by atoms with E-state index in [0.29, 0.717) is 10.6 Å². The van der Waals surface area contributed by atoms with Gasteiger partial charge < -0.3 is 10.1 Å². The molecule has 2 aromatic carbocycles. The summed E-state index contributed by atoms with van der Waals surface area (Å²) >= 11 is 1.28. The number of nitrogens with zero attached hydrogens (tertiary/aromatic N) is 1. The second-order valence-corrected chi connectivity index (χ2v) is 7.40. The van der Waals surface area contributed by atoms with Gasteiger partial charge >= 0.3 is 5.97 Å². The van der Waals surface area contributed by atoms with Gasteiger partial charge in [0, 0.05) is 4.88 Å². The Balaban J connectivity index is 1.98. The number of nitrogens with one attached hydrogen (secondary N) is 1. The molecule has 0 aliphatic carbocycles. The van der Waals surface area contributed by atoms with Gasteiger partial charge in [0.2, 0.25) is 0 Å². The van der Waals surface area contributed by atoms with E-state index < -0.39 is 11.9 Å². The SMILES string of the molecule is COC(=O)c1c(NC(=O)C(C#N)=Cc2cccc3ccccc23)sc(C)c1C. The molecule has 0 unspecified atom stereocenters. The van der Waals surface area contributed by atoms with Gasteiger partial charge in [-0.1, -0.05) is 42.5 Å². The molecule has 0 spiro atoms. The molecule has 0 atom stereocenters. The lowest BCUT2D eigenvalue weighted by atomic mass is 10.0. The fraction of sp³-hybridized carbons (Fsp3) is 0.136. The molecule has 0 aliphatic rings. The molecule has 1 aromatic heterocycles. The Morgan fingerprint density at radius 1 is 1.14 bits per heavy atom. The van der Waals surface area contributed by atoms with Gasteiger partial charge in [-0.05, 0) is 41.8 Å². The number of hydrogen-bond donors (Lipinski definition) is 1. The number of rotatable bonds is 4. The lowest BCUT2D eigenvalue weighted by Crippen LogP contribution is -2.15. The molecule has 1 amide bonds. The summed E-state index contributed by atoms with van der Waals surface area (Å²) in [6.07, 6.45) is 1.56. The van der Waals surface area contributed by atoms with Gasteiger partial charge in [-0.2, -0.15) is 5.26 Å². The van der Waals surface area contributed by atoms with Crippen LogP contribution in [0, 0.1) is 25.2 Å². The van der Waals surface area contributed by atoms with Crippen molar-refractivity contribution >= 4 is 45.1 Å². The van der Waals surface area contributed by atoms with Crippen LogP contribution in [0.25, 0.3) is 16.8 Å². The number of anilines is 1. The van der Waals surface area contributed by atoms with Gasteiger partial charge in [-0.3, -0.25) is 4.79 Å². The van der Waals surface area contributed by atoms with E-state index in [4.69, 9.17) is 4.74 Å². The van der Waals surface area contributed by atoms with E-state index in [0.717, 1.165) is 26.8 Å². The summed E-state index contributed by atoms with van der Waals surface area (Å²) in [5.74, 6) is -1.09. The van der Waals surface area contributed by atoms with E-state index in [-0.39, 0.29) is 5.57 Å². The van der Waals surface area contributed by atoms with Gasteiger partial charge in [-0.15, -0.1) is 11.3 Å². The van der Waals surface area contributed by atoms with Crippen molar-refractivity contribution in [3.05, 3.63) is 69.6 Å². The van der Waals surface area contributed by atoms with Crippen LogP contribution in [0.3, 0.4) is 0 Å². The van der Waals surface area contributed by atoms with Crippen LogP contribution in [0.2, 0.25) is 0 Å². The molecule has 3 rings (SSSR count). The van der Waals surface area contributed by atoms with Crippen LogP contribution in [-0.2, 0) is 9.53 Å². The van der Waals surface area contributed by atoms with Crippen LogP contribution in [0.1, 0.15) is 26.4 Å². The largest absolute Gasteiger partial charge is 0.465 e. The van der Waals surface area contributed by atoms with Gasteiger partial charge in [0.05, 0.1) is 12.7 Å². The van der Waals surface area contributed by atoms with E-state index in [9.17, 15) is 14.9 Å². The van der Waals surface area contributed by atoms with Crippen LogP contribution in [0.15, 0.2) is 48.0 Å². The minimum atomic E-state index is -0.568. The standard InChI is InChI=1S/C22H18N2O3S/c1-13-14(2)28-21(19(13)22(26)27-3)24-20(25)17(12-23)11-16-9-6-8-15-7-4-5-10-18(15)16/h4-11H,1-3H3,(H,24,25). The average molecular weight is 390 g/mol. The number of amides is 1. The quantitative estimate of drug-likeness (QED) is 0.392. The third-order valence-electron chi connectivity index (χ3n) is 4.49. The summed E-state index contributed by atoms with van der Waals surface area (Å²) in [5.41, 5.74) is 1.80. The number of ether oxygens (including phenoxy) is 1. The lowest BCUT2D eigenvalue weighted by Gasteiger charge is -2.06. The van der Waals surface area contributed by atoms with Gasteiger partial charge in [0.15, 0.2) is 0 Å². The van der Waals surface area contributed by atoms with Crippen molar-refractivity contribution in [2.24, 2.45) is 0 Å². The first-order valence-corrected chi connectivity index (χ1v) is 9.37. The second-order valence-electron chi connectivity index (χ2n) is 6.17. The zero-order valence-corrected chi connectivity index (χ0v) is 16.5. The van der Waals surface area contributed by atoms with Crippen molar-refractivity contribution in [2.75, 3.05) is 12.4 Å². The molecule has 6 heteroatoms.